The Bertz CT molecular complexity index is 1110. The molecular weight excluding hydrogens is 440 g/mol. The first-order chi connectivity index (χ1) is 16.0. The van der Waals surface area contributed by atoms with Gasteiger partial charge in [0, 0.05) is 21.8 Å². The highest BCUT2D eigenvalue weighted by Crippen LogP contribution is 2.23. The molecule has 3 aromatic rings. The Balaban J connectivity index is 1.52. The second-order valence-corrected chi connectivity index (χ2v) is 7.89. The number of thioether (sulfide) groups is 1. The monoisotopic (exact) mass is 464 g/mol. The number of benzene rings is 3. The summed E-state index contributed by atoms with van der Waals surface area (Å²) in [5, 5.41) is 5.65. The molecule has 2 amide bonds. The van der Waals surface area contributed by atoms with Gasteiger partial charge in [-0.1, -0.05) is 6.07 Å². The van der Waals surface area contributed by atoms with E-state index in [1.54, 1.807) is 68.6 Å². The van der Waals surface area contributed by atoms with E-state index in [4.69, 9.17) is 9.47 Å². The van der Waals surface area contributed by atoms with Crippen LogP contribution in [0.4, 0.5) is 11.4 Å². The summed E-state index contributed by atoms with van der Waals surface area (Å²) in [6.45, 7) is 2.05. The Morgan fingerprint density at radius 3 is 2.21 bits per heavy atom. The number of anilines is 2. The molecule has 0 unspecified atom stereocenters. The van der Waals surface area contributed by atoms with Gasteiger partial charge in [-0.15, -0.1) is 11.8 Å². The molecule has 7 nitrogen and oxygen atoms in total. The molecule has 0 aromatic heterocycles. The molecule has 2 N–H and O–H groups in total. The fourth-order valence-corrected chi connectivity index (χ4v) is 3.61. The minimum absolute atomic E-state index is 0.184. The second-order valence-electron chi connectivity index (χ2n) is 6.85. The van der Waals surface area contributed by atoms with Gasteiger partial charge in [-0.3, -0.25) is 9.59 Å². The van der Waals surface area contributed by atoms with E-state index >= 15 is 0 Å². The number of methoxy groups -OCH3 is 1. The van der Waals surface area contributed by atoms with Gasteiger partial charge in [0.05, 0.1) is 25.0 Å². The highest BCUT2D eigenvalue weighted by molar-refractivity contribution is 8.00. The Kier molecular flexibility index (Phi) is 8.49. The van der Waals surface area contributed by atoms with Crippen molar-refractivity contribution in [2.75, 3.05) is 30.1 Å². The molecule has 0 aliphatic carbocycles. The number of esters is 1. The summed E-state index contributed by atoms with van der Waals surface area (Å²) in [5.74, 6) is 0.0543. The molecule has 170 valence electrons. The highest BCUT2D eigenvalue weighted by Gasteiger charge is 2.09. The van der Waals surface area contributed by atoms with Gasteiger partial charge in [0.25, 0.3) is 5.91 Å². The summed E-state index contributed by atoms with van der Waals surface area (Å²) >= 11 is 1.35. The van der Waals surface area contributed by atoms with Crippen LogP contribution in [0.1, 0.15) is 27.6 Å². The van der Waals surface area contributed by atoms with Gasteiger partial charge < -0.3 is 20.1 Å². The van der Waals surface area contributed by atoms with E-state index < -0.39 is 5.97 Å². The summed E-state index contributed by atoms with van der Waals surface area (Å²) in [5.41, 5.74) is 2.17. The van der Waals surface area contributed by atoms with E-state index in [0.717, 1.165) is 4.90 Å². The molecule has 0 bridgehead atoms. The van der Waals surface area contributed by atoms with Gasteiger partial charge in [-0.2, -0.15) is 0 Å². The Morgan fingerprint density at radius 2 is 1.55 bits per heavy atom. The average molecular weight is 465 g/mol. The highest BCUT2D eigenvalue weighted by atomic mass is 32.2. The molecule has 0 aliphatic heterocycles. The third-order valence-corrected chi connectivity index (χ3v) is 5.49. The van der Waals surface area contributed by atoms with Crippen LogP contribution in [0.25, 0.3) is 0 Å². The smallest absolute Gasteiger partial charge is 0.338 e. The SMILES string of the molecule is CCOC(=O)c1ccc(NC(=O)CSc2cccc(NC(=O)c3ccc(OC)cc3)c2)cc1. The first-order valence-electron chi connectivity index (χ1n) is 10.2. The van der Waals surface area contributed by atoms with Crippen molar-refractivity contribution < 1.29 is 23.9 Å². The summed E-state index contributed by atoms with van der Waals surface area (Å²) in [6, 6.07) is 20.7. The number of hydrogen-bond acceptors (Lipinski definition) is 6. The van der Waals surface area contributed by atoms with Crippen molar-refractivity contribution in [3.8, 4) is 5.75 Å². The predicted octanol–water partition coefficient (Wildman–Crippen LogP) is 4.86. The summed E-state index contributed by atoms with van der Waals surface area (Å²) in [4.78, 5) is 37.3. The normalized spacial score (nSPS) is 10.2. The van der Waals surface area contributed by atoms with Crippen molar-refractivity contribution in [1.82, 2.24) is 0 Å². The molecule has 3 aromatic carbocycles. The van der Waals surface area contributed by atoms with Crippen molar-refractivity contribution in [2.45, 2.75) is 11.8 Å². The summed E-state index contributed by atoms with van der Waals surface area (Å²) in [6.07, 6.45) is 0. The van der Waals surface area contributed by atoms with Crippen LogP contribution in [0.5, 0.6) is 5.75 Å². The van der Waals surface area contributed by atoms with Gasteiger partial charge in [0.2, 0.25) is 5.91 Å². The van der Waals surface area contributed by atoms with Gasteiger partial charge in [0.1, 0.15) is 5.75 Å². The zero-order chi connectivity index (χ0) is 23.6. The van der Waals surface area contributed by atoms with E-state index in [2.05, 4.69) is 10.6 Å². The van der Waals surface area contributed by atoms with Crippen LogP contribution in [-0.2, 0) is 9.53 Å². The van der Waals surface area contributed by atoms with Crippen molar-refractivity contribution >= 4 is 40.9 Å². The fourth-order valence-electron chi connectivity index (χ4n) is 2.86. The number of ether oxygens (including phenoxy) is 2. The average Bonchev–Trinajstić information content (AvgIpc) is 2.83. The maximum absolute atomic E-state index is 12.4. The van der Waals surface area contributed by atoms with Gasteiger partial charge in [0.15, 0.2) is 0 Å². The Labute approximate surface area is 196 Å². The zero-order valence-electron chi connectivity index (χ0n) is 18.3. The number of nitrogens with one attached hydrogen (secondary N) is 2. The van der Waals surface area contributed by atoms with E-state index in [9.17, 15) is 14.4 Å². The molecule has 0 saturated carbocycles. The van der Waals surface area contributed by atoms with Crippen molar-refractivity contribution in [3.05, 3.63) is 83.9 Å². The standard InChI is InChI=1S/C25H24N2O5S/c1-3-32-25(30)18-7-11-19(12-8-18)26-23(28)16-33-22-6-4-5-20(15-22)27-24(29)17-9-13-21(31-2)14-10-17/h4-15H,3,16H2,1-2H3,(H,26,28)(H,27,29). The van der Waals surface area contributed by atoms with Crippen LogP contribution in [0.2, 0.25) is 0 Å². The van der Waals surface area contributed by atoms with Gasteiger partial charge in [-0.05, 0) is 73.7 Å². The topological polar surface area (TPSA) is 93.7 Å². The van der Waals surface area contributed by atoms with Gasteiger partial charge >= 0.3 is 5.97 Å². The minimum Gasteiger partial charge on any atom is -0.497 e. The molecule has 8 heteroatoms. The summed E-state index contributed by atoms with van der Waals surface area (Å²) in [7, 11) is 1.57. The number of rotatable bonds is 9. The fraction of sp³-hybridized carbons (Fsp3) is 0.160. The van der Waals surface area contributed by atoms with Crippen molar-refractivity contribution in [3.63, 3.8) is 0 Å². The molecule has 0 radical (unpaired) electrons. The maximum Gasteiger partial charge on any atom is 0.338 e. The number of carbonyl (C=O) groups is 3. The van der Waals surface area contributed by atoms with E-state index in [0.29, 0.717) is 34.9 Å². The molecule has 0 heterocycles. The van der Waals surface area contributed by atoms with Crippen molar-refractivity contribution in [1.29, 1.82) is 0 Å². The largest absolute Gasteiger partial charge is 0.497 e. The lowest BCUT2D eigenvalue weighted by Gasteiger charge is -2.09. The van der Waals surface area contributed by atoms with Crippen LogP contribution in [0.3, 0.4) is 0 Å². The quantitative estimate of drug-likeness (QED) is 0.347. The van der Waals surface area contributed by atoms with Crippen LogP contribution >= 0.6 is 11.8 Å². The van der Waals surface area contributed by atoms with Crippen LogP contribution in [0, 0.1) is 0 Å². The molecular formula is C25H24N2O5S. The second kappa shape index (κ2) is 11.7. The summed E-state index contributed by atoms with van der Waals surface area (Å²) < 4.78 is 10.0. The maximum atomic E-state index is 12.4. The zero-order valence-corrected chi connectivity index (χ0v) is 19.1. The number of amides is 2. The number of hydrogen-bond donors (Lipinski definition) is 2. The van der Waals surface area contributed by atoms with Crippen LogP contribution in [0.15, 0.2) is 77.7 Å². The third-order valence-electron chi connectivity index (χ3n) is 4.49. The molecule has 3 rings (SSSR count). The van der Waals surface area contributed by atoms with Crippen molar-refractivity contribution in [2.24, 2.45) is 0 Å². The van der Waals surface area contributed by atoms with Crippen LogP contribution in [-0.4, -0.2) is 37.3 Å². The molecule has 0 saturated heterocycles. The first kappa shape index (κ1) is 23.9. The Morgan fingerprint density at radius 1 is 0.848 bits per heavy atom. The first-order valence-corrected chi connectivity index (χ1v) is 11.2. The van der Waals surface area contributed by atoms with Crippen LogP contribution < -0.4 is 15.4 Å². The molecule has 0 fully saturated rings. The molecule has 0 spiro atoms. The lowest BCUT2D eigenvalue weighted by Crippen LogP contribution is -2.14. The molecule has 33 heavy (non-hydrogen) atoms. The van der Waals surface area contributed by atoms with E-state index in [-0.39, 0.29) is 17.6 Å². The molecule has 0 atom stereocenters. The predicted molar refractivity (Wildman–Crippen MR) is 129 cm³/mol. The minimum atomic E-state index is -0.398. The molecule has 0 aliphatic rings. The van der Waals surface area contributed by atoms with E-state index in [1.165, 1.54) is 11.8 Å². The lowest BCUT2D eigenvalue weighted by atomic mass is 10.2. The lowest BCUT2D eigenvalue weighted by molar-refractivity contribution is -0.113. The third kappa shape index (κ3) is 7.11. The number of carbonyl (C=O) groups excluding carboxylic acids is 3. The van der Waals surface area contributed by atoms with Gasteiger partial charge in [-0.25, -0.2) is 4.79 Å². The Hall–Kier alpha value is -3.78. The van der Waals surface area contributed by atoms with E-state index in [1.807, 2.05) is 18.2 Å².